The van der Waals surface area contributed by atoms with E-state index in [2.05, 4.69) is 4.90 Å². The lowest BCUT2D eigenvalue weighted by Crippen LogP contribution is -2.26. The third-order valence-corrected chi connectivity index (χ3v) is 7.01. The predicted molar refractivity (Wildman–Crippen MR) is 144 cm³/mol. The molecule has 0 radical (unpaired) electrons. The molecular weight excluding hydrogens is 488 g/mol. The normalized spacial score (nSPS) is 17.6. The van der Waals surface area contributed by atoms with Crippen molar-refractivity contribution in [3.8, 4) is 23.0 Å². The van der Waals surface area contributed by atoms with Crippen LogP contribution in [0.2, 0.25) is 0 Å². The molecular formula is C31H33F2NO4. The summed E-state index contributed by atoms with van der Waals surface area (Å²) in [5.74, 6) is 1.56. The van der Waals surface area contributed by atoms with Crippen LogP contribution in [0.3, 0.4) is 0 Å². The summed E-state index contributed by atoms with van der Waals surface area (Å²) in [5, 5.41) is 10.1. The first-order valence-electron chi connectivity index (χ1n) is 13.2. The number of benzene rings is 3. The average molecular weight is 522 g/mol. The number of nitrogens with zero attached hydrogens (tertiary/aromatic N) is 1. The van der Waals surface area contributed by atoms with Crippen LogP contribution in [0.4, 0.5) is 8.78 Å². The largest absolute Gasteiger partial charge is 0.508 e. The number of likely N-dealkylation sites (tertiary alicyclic amines) is 1. The zero-order valence-corrected chi connectivity index (χ0v) is 21.6. The molecule has 0 aliphatic carbocycles. The van der Waals surface area contributed by atoms with Crippen molar-refractivity contribution >= 4 is 11.1 Å². The Morgan fingerprint density at radius 2 is 1.82 bits per heavy atom. The smallest absolute Gasteiger partial charge is 0.134 e. The van der Waals surface area contributed by atoms with E-state index in [0.717, 1.165) is 54.1 Å². The zero-order valence-electron chi connectivity index (χ0n) is 21.6. The van der Waals surface area contributed by atoms with Crippen LogP contribution in [0.15, 0.2) is 60.7 Å². The maximum Gasteiger partial charge on any atom is 0.134 e. The Hall–Kier alpha value is -3.58. The van der Waals surface area contributed by atoms with E-state index in [0.29, 0.717) is 43.1 Å². The predicted octanol–water partition coefficient (Wildman–Crippen LogP) is 6.48. The van der Waals surface area contributed by atoms with Gasteiger partial charge in [0.1, 0.15) is 34.9 Å². The minimum Gasteiger partial charge on any atom is -0.508 e. The van der Waals surface area contributed by atoms with Gasteiger partial charge in [-0.2, -0.15) is 0 Å². The second-order valence-electron chi connectivity index (χ2n) is 9.60. The van der Waals surface area contributed by atoms with Crippen molar-refractivity contribution in [2.24, 2.45) is 0 Å². The molecule has 1 fully saturated rings. The molecule has 5 rings (SSSR count). The SMILES string of the molecule is CCOc1ccc(C2=C(c3ccc(O[C@H]4CCN(CCCF)C4)cc3)c3ccc(O)cc3OCC2)c(F)c1. The molecule has 3 aromatic rings. The number of alkyl halides is 1. The number of halogens is 2. The van der Waals surface area contributed by atoms with Crippen LogP contribution in [-0.2, 0) is 0 Å². The molecule has 0 saturated carbocycles. The highest BCUT2D eigenvalue weighted by atomic mass is 19.1. The molecule has 5 nitrogen and oxygen atoms in total. The zero-order chi connectivity index (χ0) is 26.5. The third-order valence-electron chi connectivity index (χ3n) is 7.01. The van der Waals surface area contributed by atoms with Gasteiger partial charge in [-0.3, -0.25) is 9.29 Å². The molecule has 1 saturated heterocycles. The number of phenolic OH excluding ortho intramolecular Hbond substituents is 1. The number of aromatic hydroxyl groups is 1. The molecule has 2 aliphatic rings. The third kappa shape index (κ3) is 5.78. The Kier molecular flexibility index (Phi) is 8.13. The van der Waals surface area contributed by atoms with Gasteiger partial charge < -0.3 is 19.3 Å². The fraction of sp³-hybridized carbons (Fsp3) is 0.355. The molecule has 1 atom stereocenters. The molecule has 0 spiro atoms. The van der Waals surface area contributed by atoms with E-state index in [1.807, 2.05) is 37.3 Å². The highest BCUT2D eigenvalue weighted by Crippen LogP contribution is 2.43. The summed E-state index contributed by atoms with van der Waals surface area (Å²) in [5.41, 5.74) is 3.85. The highest BCUT2D eigenvalue weighted by molar-refractivity contribution is 6.00. The Balaban J connectivity index is 1.49. The van der Waals surface area contributed by atoms with Crippen LogP contribution in [0, 0.1) is 5.82 Å². The number of hydrogen-bond acceptors (Lipinski definition) is 5. The summed E-state index contributed by atoms with van der Waals surface area (Å²) in [7, 11) is 0. The standard InChI is InChI=1S/C31H33F2NO4/c1-2-36-24-9-11-26(29(33)19-24)27-13-17-37-30-18-22(35)6-10-28(30)31(27)21-4-7-23(8-5-21)38-25-12-16-34(20-25)15-3-14-32/h4-11,18-19,25,35H,2-3,12-17,20H2,1H3/t25-/m0/s1. The van der Waals surface area contributed by atoms with Gasteiger partial charge in [0.15, 0.2) is 0 Å². The summed E-state index contributed by atoms with van der Waals surface area (Å²) in [6, 6.07) is 17.8. The minimum absolute atomic E-state index is 0.0724. The van der Waals surface area contributed by atoms with Gasteiger partial charge >= 0.3 is 0 Å². The Morgan fingerprint density at radius 3 is 2.58 bits per heavy atom. The molecule has 0 unspecified atom stereocenters. The first-order chi connectivity index (χ1) is 18.6. The van der Waals surface area contributed by atoms with Gasteiger partial charge in [0, 0.05) is 49.3 Å². The summed E-state index contributed by atoms with van der Waals surface area (Å²) in [6.45, 7) is 4.84. The summed E-state index contributed by atoms with van der Waals surface area (Å²) in [6.07, 6.45) is 2.03. The monoisotopic (exact) mass is 521 g/mol. The molecule has 7 heteroatoms. The Morgan fingerprint density at radius 1 is 1.03 bits per heavy atom. The summed E-state index contributed by atoms with van der Waals surface area (Å²) < 4.78 is 45.6. The van der Waals surface area contributed by atoms with E-state index in [1.54, 1.807) is 24.3 Å². The van der Waals surface area contributed by atoms with Crippen molar-refractivity contribution in [2.45, 2.75) is 32.3 Å². The first-order valence-corrected chi connectivity index (χ1v) is 13.2. The van der Waals surface area contributed by atoms with Crippen LogP contribution in [0.25, 0.3) is 11.1 Å². The lowest BCUT2D eigenvalue weighted by Gasteiger charge is -2.18. The number of rotatable bonds is 9. The Bertz CT molecular complexity index is 1290. The van der Waals surface area contributed by atoms with Crippen LogP contribution < -0.4 is 14.2 Å². The molecule has 200 valence electrons. The molecule has 3 aromatic carbocycles. The lowest BCUT2D eigenvalue weighted by atomic mass is 9.88. The maximum absolute atomic E-state index is 15.4. The quantitative estimate of drug-likeness (QED) is 0.349. The molecule has 0 aromatic heterocycles. The van der Waals surface area contributed by atoms with Crippen LogP contribution >= 0.6 is 0 Å². The number of hydrogen-bond donors (Lipinski definition) is 1. The van der Waals surface area contributed by atoms with Gasteiger partial charge in [-0.15, -0.1) is 0 Å². The van der Waals surface area contributed by atoms with Gasteiger partial charge in [-0.1, -0.05) is 12.1 Å². The second kappa shape index (κ2) is 11.9. The van der Waals surface area contributed by atoms with Gasteiger partial charge in [0.05, 0.1) is 19.9 Å². The van der Waals surface area contributed by atoms with Crippen LogP contribution in [0.5, 0.6) is 23.0 Å². The van der Waals surface area contributed by atoms with E-state index < -0.39 is 0 Å². The molecule has 0 bridgehead atoms. The minimum atomic E-state index is -0.357. The van der Waals surface area contributed by atoms with Crippen molar-refractivity contribution < 1.29 is 28.1 Å². The van der Waals surface area contributed by atoms with Gasteiger partial charge in [-0.05, 0) is 72.9 Å². The molecule has 2 heterocycles. The van der Waals surface area contributed by atoms with E-state index in [9.17, 15) is 9.50 Å². The van der Waals surface area contributed by atoms with Gasteiger partial charge in [0.25, 0.3) is 0 Å². The molecule has 1 N–H and O–H groups in total. The van der Waals surface area contributed by atoms with Crippen molar-refractivity contribution in [2.75, 3.05) is 39.5 Å². The summed E-state index contributed by atoms with van der Waals surface area (Å²) in [4.78, 5) is 2.24. The average Bonchev–Trinajstić information content (AvgIpc) is 3.27. The summed E-state index contributed by atoms with van der Waals surface area (Å²) >= 11 is 0. The Labute approximate surface area is 222 Å². The number of ether oxygens (including phenoxy) is 3. The van der Waals surface area contributed by atoms with Crippen LogP contribution in [0.1, 0.15) is 42.9 Å². The lowest BCUT2D eigenvalue weighted by molar-refractivity contribution is 0.198. The van der Waals surface area contributed by atoms with E-state index >= 15 is 4.39 Å². The first kappa shape index (κ1) is 26.0. The van der Waals surface area contributed by atoms with Crippen molar-refractivity contribution in [1.82, 2.24) is 4.90 Å². The number of fused-ring (bicyclic) bond motifs is 1. The fourth-order valence-electron chi connectivity index (χ4n) is 5.26. The van der Waals surface area contributed by atoms with Gasteiger partial charge in [0.2, 0.25) is 0 Å². The van der Waals surface area contributed by atoms with E-state index in [-0.39, 0.29) is 24.3 Å². The van der Waals surface area contributed by atoms with Crippen molar-refractivity contribution in [3.05, 3.63) is 83.2 Å². The highest BCUT2D eigenvalue weighted by Gasteiger charge is 2.25. The van der Waals surface area contributed by atoms with Crippen LogP contribution in [-0.4, -0.2) is 55.6 Å². The topological polar surface area (TPSA) is 51.2 Å². The molecule has 38 heavy (non-hydrogen) atoms. The molecule has 0 amide bonds. The molecule has 2 aliphatic heterocycles. The maximum atomic E-state index is 15.4. The number of phenols is 1. The van der Waals surface area contributed by atoms with Crippen molar-refractivity contribution in [3.63, 3.8) is 0 Å². The second-order valence-corrected chi connectivity index (χ2v) is 9.60. The van der Waals surface area contributed by atoms with Crippen molar-refractivity contribution in [1.29, 1.82) is 0 Å². The van der Waals surface area contributed by atoms with Gasteiger partial charge in [-0.25, -0.2) is 4.39 Å². The fourth-order valence-corrected chi connectivity index (χ4v) is 5.26. The van der Waals surface area contributed by atoms with E-state index in [1.165, 1.54) is 6.07 Å². The van der Waals surface area contributed by atoms with E-state index in [4.69, 9.17) is 14.2 Å².